The summed E-state index contributed by atoms with van der Waals surface area (Å²) < 4.78 is 10.7. The van der Waals surface area contributed by atoms with Crippen LogP contribution in [-0.4, -0.2) is 42.1 Å². The Morgan fingerprint density at radius 2 is 1.91 bits per heavy atom. The van der Waals surface area contributed by atoms with E-state index in [1.54, 1.807) is 25.1 Å². The molecule has 1 aromatic heterocycles. The summed E-state index contributed by atoms with van der Waals surface area (Å²) in [5, 5.41) is 14.8. The molecule has 2 rings (SSSR count). The Bertz CT molecular complexity index is 1020. The first kappa shape index (κ1) is 24.9. The van der Waals surface area contributed by atoms with Crippen molar-refractivity contribution < 1.29 is 28.6 Å². The predicted octanol–water partition coefficient (Wildman–Crippen LogP) is 2.25. The molecular weight excluding hydrogens is 416 g/mol. The van der Waals surface area contributed by atoms with Gasteiger partial charge < -0.3 is 24.9 Å². The highest BCUT2D eigenvalue weighted by Gasteiger charge is 2.25. The van der Waals surface area contributed by atoms with Crippen molar-refractivity contribution in [2.45, 2.75) is 52.5 Å². The number of nitrogens with one attached hydrogen (secondary N) is 2. The molecule has 2 amide bonds. The highest BCUT2D eigenvalue weighted by Crippen LogP contribution is 2.23. The number of fused-ring (bicyclic) bond motifs is 1. The Morgan fingerprint density at radius 1 is 1.16 bits per heavy atom. The highest BCUT2D eigenvalue weighted by atomic mass is 16.5. The van der Waals surface area contributed by atoms with Gasteiger partial charge in [-0.25, -0.2) is 9.59 Å². The van der Waals surface area contributed by atoms with Gasteiger partial charge in [-0.1, -0.05) is 33.6 Å². The van der Waals surface area contributed by atoms with Crippen molar-refractivity contribution in [2.24, 2.45) is 5.92 Å². The fourth-order valence-electron chi connectivity index (χ4n) is 3.16. The molecule has 0 bridgehead atoms. The van der Waals surface area contributed by atoms with Crippen molar-refractivity contribution in [2.75, 3.05) is 13.2 Å². The van der Waals surface area contributed by atoms with Crippen LogP contribution in [0.25, 0.3) is 11.0 Å². The summed E-state index contributed by atoms with van der Waals surface area (Å²) in [5.41, 5.74) is 0.845. The number of rotatable bonds is 12. The van der Waals surface area contributed by atoms with E-state index in [9.17, 15) is 24.3 Å². The van der Waals surface area contributed by atoms with Gasteiger partial charge in [-0.3, -0.25) is 9.59 Å². The predicted molar refractivity (Wildman–Crippen MR) is 119 cm³/mol. The normalized spacial score (nSPS) is 12.7. The molecule has 2 aromatic rings. The number of carboxylic acid groups (broad SMARTS) is 1. The monoisotopic (exact) mass is 446 g/mol. The van der Waals surface area contributed by atoms with Gasteiger partial charge in [0.2, 0.25) is 5.91 Å². The smallest absolute Gasteiger partial charge is 0.336 e. The maximum Gasteiger partial charge on any atom is 0.336 e. The number of unbranched alkanes of at least 4 members (excludes halogenated alkanes) is 1. The minimum absolute atomic E-state index is 0.245. The molecule has 174 valence electrons. The zero-order valence-electron chi connectivity index (χ0n) is 18.6. The number of carbonyl (C=O) groups is 3. The Kier molecular flexibility index (Phi) is 9.24. The van der Waals surface area contributed by atoms with Gasteiger partial charge >= 0.3 is 11.6 Å². The van der Waals surface area contributed by atoms with E-state index in [-0.39, 0.29) is 19.1 Å². The third-order valence-corrected chi connectivity index (χ3v) is 5.21. The van der Waals surface area contributed by atoms with Crippen LogP contribution in [0.3, 0.4) is 0 Å². The number of hydrogen-bond acceptors (Lipinski definition) is 6. The van der Waals surface area contributed by atoms with Gasteiger partial charge in [-0.15, -0.1) is 0 Å². The largest absolute Gasteiger partial charge is 0.484 e. The zero-order chi connectivity index (χ0) is 23.7. The van der Waals surface area contributed by atoms with Crippen LogP contribution in [0.2, 0.25) is 0 Å². The summed E-state index contributed by atoms with van der Waals surface area (Å²) >= 11 is 0. The topological polar surface area (TPSA) is 135 Å². The molecule has 0 saturated heterocycles. The van der Waals surface area contributed by atoms with Crippen molar-refractivity contribution in [1.82, 2.24) is 10.6 Å². The number of hydrogen-bond donors (Lipinski definition) is 3. The molecule has 0 aliphatic rings. The van der Waals surface area contributed by atoms with Crippen LogP contribution >= 0.6 is 0 Å². The van der Waals surface area contributed by atoms with E-state index in [2.05, 4.69) is 17.6 Å². The van der Waals surface area contributed by atoms with Crippen molar-refractivity contribution in [3.63, 3.8) is 0 Å². The van der Waals surface area contributed by atoms with Crippen LogP contribution in [-0.2, 0) is 20.8 Å². The lowest BCUT2D eigenvalue weighted by molar-refractivity contribution is -0.143. The standard InChI is InChI=1S/C23H30N2O7/c1-4-6-7-15-10-21(28)32-18-11-16(8-9-17(15)18)31-13-20(27)24-12-19(26)25-22(23(29)30)14(3)5-2/h8-11,14,22H,4-7,12-13H2,1-3H3,(H,24,27)(H,25,26)(H,29,30)/t14-,22+/m0/s1. The van der Waals surface area contributed by atoms with Crippen LogP contribution < -0.4 is 21.0 Å². The zero-order valence-corrected chi connectivity index (χ0v) is 18.6. The first-order valence-electron chi connectivity index (χ1n) is 10.7. The molecular formula is C23H30N2O7. The Labute approximate surface area is 186 Å². The van der Waals surface area contributed by atoms with Gasteiger partial charge in [-0.2, -0.15) is 0 Å². The number of carboxylic acids is 1. The van der Waals surface area contributed by atoms with Gasteiger partial charge in [0.25, 0.3) is 5.91 Å². The summed E-state index contributed by atoms with van der Waals surface area (Å²) in [6.45, 7) is 4.91. The average molecular weight is 447 g/mol. The summed E-state index contributed by atoms with van der Waals surface area (Å²) in [5.74, 6) is -2.17. The lowest BCUT2D eigenvalue weighted by Crippen LogP contribution is -2.48. The molecule has 32 heavy (non-hydrogen) atoms. The fourth-order valence-corrected chi connectivity index (χ4v) is 3.16. The third-order valence-electron chi connectivity index (χ3n) is 5.21. The molecule has 3 N–H and O–H groups in total. The second-order valence-corrected chi connectivity index (χ2v) is 7.69. The molecule has 0 unspecified atom stereocenters. The van der Waals surface area contributed by atoms with Crippen molar-refractivity contribution in [1.29, 1.82) is 0 Å². The number of amides is 2. The number of aryl methyl sites for hydroxylation is 1. The average Bonchev–Trinajstić information content (AvgIpc) is 2.77. The second kappa shape index (κ2) is 11.9. The van der Waals surface area contributed by atoms with Crippen LogP contribution in [0.4, 0.5) is 0 Å². The van der Waals surface area contributed by atoms with Gasteiger partial charge in [0.15, 0.2) is 6.61 Å². The van der Waals surface area contributed by atoms with E-state index in [4.69, 9.17) is 9.15 Å². The van der Waals surface area contributed by atoms with Crippen LogP contribution in [0.15, 0.2) is 33.5 Å². The first-order chi connectivity index (χ1) is 15.2. The molecule has 9 heteroatoms. The van der Waals surface area contributed by atoms with Crippen LogP contribution in [0.1, 0.15) is 45.6 Å². The van der Waals surface area contributed by atoms with E-state index in [1.807, 2.05) is 6.92 Å². The van der Waals surface area contributed by atoms with E-state index in [1.165, 1.54) is 6.07 Å². The van der Waals surface area contributed by atoms with Crippen LogP contribution in [0, 0.1) is 5.92 Å². The molecule has 0 aliphatic carbocycles. The number of carbonyl (C=O) groups excluding carboxylic acids is 2. The number of benzene rings is 1. The Morgan fingerprint density at radius 3 is 2.56 bits per heavy atom. The molecule has 0 spiro atoms. The summed E-state index contributed by atoms with van der Waals surface area (Å²) in [6.07, 6.45) is 3.31. The highest BCUT2D eigenvalue weighted by molar-refractivity contribution is 5.88. The third kappa shape index (κ3) is 7.11. The Balaban J connectivity index is 1.91. The molecule has 1 aromatic carbocycles. The molecule has 0 saturated carbocycles. The van der Waals surface area contributed by atoms with Gasteiger partial charge in [-0.05, 0) is 36.5 Å². The lowest BCUT2D eigenvalue weighted by atomic mass is 9.99. The summed E-state index contributed by atoms with van der Waals surface area (Å²) in [7, 11) is 0. The second-order valence-electron chi connectivity index (χ2n) is 7.69. The fraction of sp³-hybridized carbons (Fsp3) is 0.478. The van der Waals surface area contributed by atoms with Crippen molar-refractivity contribution in [3.8, 4) is 5.75 Å². The molecule has 0 radical (unpaired) electrons. The maximum absolute atomic E-state index is 12.0. The van der Waals surface area contributed by atoms with E-state index in [0.717, 1.165) is 30.2 Å². The van der Waals surface area contributed by atoms with Gasteiger partial charge in [0.1, 0.15) is 17.4 Å². The van der Waals surface area contributed by atoms with E-state index in [0.29, 0.717) is 17.8 Å². The minimum atomic E-state index is -1.12. The number of aliphatic carboxylic acids is 1. The van der Waals surface area contributed by atoms with Gasteiger partial charge in [0, 0.05) is 17.5 Å². The summed E-state index contributed by atoms with van der Waals surface area (Å²) in [4.78, 5) is 47.1. The number of ether oxygens (including phenoxy) is 1. The summed E-state index contributed by atoms with van der Waals surface area (Å²) in [6, 6.07) is 5.49. The minimum Gasteiger partial charge on any atom is -0.484 e. The molecule has 2 atom stereocenters. The molecule has 0 aliphatic heterocycles. The first-order valence-corrected chi connectivity index (χ1v) is 10.7. The Hall–Kier alpha value is -3.36. The van der Waals surface area contributed by atoms with Crippen molar-refractivity contribution in [3.05, 3.63) is 40.2 Å². The van der Waals surface area contributed by atoms with Crippen LogP contribution in [0.5, 0.6) is 5.75 Å². The van der Waals surface area contributed by atoms with Gasteiger partial charge in [0.05, 0.1) is 6.54 Å². The maximum atomic E-state index is 12.0. The molecule has 0 fully saturated rings. The lowest BCUT2D eigenvalue weighted by Gasteiger charge is -2.20. The van der Waals surface area contributed by atoms with Crippen molar-refractivity contribution >= 4 is 28.8 Å². The van der Waals surface area contributed by atoms with E-state index < -0.39 is 29.5 Å². The molecule has 1 heterocycles. The quantitative estimate of drug-likeness (QED) is 0.426. The SMILES string of the molecule is CCCCc1cc(=O)oc2cc(OCC(=O)NCC(=O)N[C@@H](C(=O)O)[C@@H](C)CC)ccc12. The van der Waals surface area contributed by atoms with E-state index >= 15 is 0 Å². The molecule has 9 nitrogen and oxygen atoms in total.